The van der Waals surface area contributed by atoms with Crippen LogP contribution in [0.3, 0.4) is 0 Å². The van der Waals surface area contributed by atoms with Gasteiger partial charge >= 0.3 is 13.0 Å². The molecule has 0 amide bonds. The fourth-order valence-corrected chi connectivity index (χ4v) is 2.01. The molecule has 0 aromatic rings. The van der Waals surface area contributed by atoms with E-state index in [4.69, 9.17) is 5.11 Å². The largest absolute Gasteiger partial charge is 0.480 e. The molecule has 74 valence electrons. The van der Waals surface area contributed by atoms with E-state index in [1.807, 2.05) is 13.8 Å². The van der Waals surface area contributed by atoms with Crippen molar-refractivity contribution in [1.29, 1.82) is 0 Å². The van der Waals surface area contributed by atoms with Crippen LogP contribution >= 0.6 is 0 Å². The molecule has 5 heteroatoms. The van der Waals surface area contributed by atoms with Gasteiger partial charge in [0.25, 0.3) is 0 Å². The first-order valence-corrected chi connectivity index (χ1v) is 4.53. The smallest absolute Gasteiger partial charge is 0.377 e. The molecular formula is C8H16BNO3. The van der Waals surface area contributed by atoms with Crippen LogP contribution in [0.25, 0.3) is 0 Å². The predicted octanol–water partition coefficient (Wildman–Crippen LogP) is 0.282. The Hall–Kier alpha value is -0.545. The minimum Gasteiger partial charge on any atom is -0.480 e. The maximum atomic E-state index is 11.0. The van der Waals surface area contributed by atoms with Crippen molar-refractivity contribution in [3.63, 3.8) is 0 Å². The van der Waals surface area contributed by atoms with E-state index in [2.05, 4.69) is 0 Å². The molecule has 13 heavy (non-hydrogen) atoms. The maximum Gasteiger partial charge on any atom is 0.377 e. The van der Waals surface area contributed by atoms with Crippen LogP contribution in [0, 0.1) is 5.41 Å². The van der Waals surface area contributed by atoms with Crippen molar-refractivity contribution < 1.29 is 14.9 Å². The van der Waals surface area contributed by atoms with Gasteiger partial charge in [-0.2, -0.15) is 0 Å². The van der Waals surface area contributed by atoms with Gasteiger partial charge in [0, 0.05) is 0 Å². The molecule has 2 N–H and O–H groups in total. The van der Waals surface area contributed by atoms with Gasteiger partial charge in [0.1, 0.15) is 6.04 Å². The summed E-state index contributed by atoms with van der Waals surface area (Å²) in [5.74, 6) is -0.844. The van der Waals surface area contributed by atoms with Crippen molar-refractivity contribution in [2.75, 3.05) is 6.54 Å². The van der Waals surface area contributed by atoms with Crippen molar-refractivity contribution in [3.05, 3.63) is 0 Å². The number of carboxylic acid groups (broad SMARTS) is 1. The van der Waals surface area contributed by atoms with Gasteiger partial charge < -0.3 is 14.9 Å². The van der Waals surface area contributed by atoms with E-state index < -0.39 is 19.1 Å². The van der Waals surface area contributed by atoms with Gasteiger partial charge in [-0.3, -0.25) is 4.79 Å². The fourth-order valence-electron chi connectivity index (χ4n) is 2.01. The Balaban J connectivity index is 2.86. The van der Waals surface area contributed by atoms with E-state index in [1.54, 1.807) is 11.6 Å². The lowest BCUT2D eigenvalue weighted by Crippen LogP contribution is -2.49. The molecule has 0 aromatic carbocycles. The van der Waals surface area contributed by atoms with Crippen LogP contribution < -0.4 is 0 Å². The van der Waals surface area contributed by atoms with Crippen molar-refractivity contribution in [1.82, 2.24) is 4.81 Å². The average molecular weight is 185 g/mol. The molecule has 0 aliphatic carbocycles. The molecule has 0 radical (unpaired) electrons. The molecule has 1 aliphatic heterocycles. The first-order chi connectivity index (χ1) is 5.86. The highest BCUT2D eigenvalue weighted by Crippen LogP contribution is 2.36. The Kier molecular flexibility index (Phi) is 2.68. The Morgan fingerprint density at radius 3 is 2.46 bits per heavy atom. The number of aliphatic carboxylic acids is 1. The number of rotatable bonds is 2. The second kappa shape index (κ2) is 3.31. The minimum absolute atomic E-state index is 0.247. The summed E-state index contributed by atoms with van der Waals surface area (Å²) >= 11 is 0. The van der Waals surface area contributed by atoms with Crippen LogP contribution in [0.5, 0.6) is 0 Å². The molecule has 0 spiro atoms. The van der Waals surface area contributed by atoms with E-state index in [9.17, 15) is 9.82 Å². The van der Waals surface area contributed by atoms with E-state index in [1.165, 1.54) is 0 Å². The molecule has 0 saturated carbocycles. The summed E-state index contributed by atoms with van der Waals surface area (Å²) in [6, 6.07) is -0.563. The van der Waals surface area contributed by atoms with Crippen LogP contribution in [0.1, 0.15) is 20.3 Å². The van der Waals surface area contributed by atoms with Gasteiger partial charge in [-0.15, -0.1) is 0 Å². The van der Waals surface area contributed by atoms with Crippen LogP contribution in [0.4, 0.5) is 0 Å². The van der Waals surface area contributed by atoms with Crippen molar-refractivity contribution in [2.45, 2.75) is 33.1 Å². The second-order valence-electron chi connectivity index (χ2n) is 4.35. The number of hydrogen-bond acceptors (Lipinski definition) is 3. The van der Waals surface area contributed by atoms with E-state index >= 15 is 0 Å². The molecule has 0 aromatic heterocycles. The third-order valence-electron chi connectivity index (χ3n) is 2.80. The molecule has 1 heterocycles. The lowest BCUT2D eigenvalue weighted by Gasteiger charge is -2.29. The lowest BCUT2D eigenvalue weighted by atomic mass is 9.79. The van der Waals surface area contributed by atoms with E-state index in [0.717, 1.165) is 6.42 Å². The topological polar surface area (TPSA) is 60.8 Å². The first kappa shape index (κ1) is 10.5. The highest BCUT2D eigenvalue weighted by molar-refractivity contribution is 6.45. The van der Waals surface area contributed by atoms with Crippen LogP contribution in [0.15, 0.2) is 0 Å². The third-order valence-corrected chi connectivity index (χ3v) is 2.80. The fraction of sp³-hybridized carbons (Fsp3) is 0.875. The number of carboxylic acids is 1. The van der Waals surface area contributed by atoms with Crippen LogP contribution in [-0.4, -0.2) is 40.5 Å². The van der Waals surface area contributed by atoms with E-state index in [0.29, 0.717) is 6.54 Å². The molecule has 1 aliphatic rings. The minimum atomic E-state index is -0.844. The Morgan fingerprint density at radius 1 is 1.62 bits per heavy atom. The monoisotopic (exact) mass is 185 g/mol. The van der Waals surface area contributed by atoms with Gasteiger partial charge in [-0.1, -0.05) is 13.8 Å². The zero-order valence-electron chi connectivity index (χ0n) is 8.32. The zero-order chi connectivity index (χ0) is 10.2. The molecule has 1 rings (SSSR count). The van der Waals surface area contributed by atoms with E-state index in [-0.39, 0.29) is 5.41 Å². The van der Waals surface area contributed by atoms with Crippen LogP contribution in [0.2, 0.25) is 6.82 Å². The van der Waals surface area contributed by atoms with Gasteiger partial charge in [0.2, 0.25) is 0 Å². The molecule has 1 fully saturated rings. The summed E-state index contributed by atoms with van der Waals surface area (Å²) in [6.07, 6.45) is 0.814. The number of hydrogen-bond donors (Lipinski definition) is 2. The SMILES string of the molecule is CB(O)N1CCC(C)(C)C1C(=O)O. The average Bonchev–Trinajstić information content (AvgIpc) is 2.24. The Labute approximate surface area is 78.7 Å². The van der Waals surface area contributed by atoms with Crippen molar-refractivity contribution >= 4 is 13.0 Å². The third kappa shape index (κ3) is 1.86. The number of carbonyl (C=O) groups is 1. The molecular weight excluding hydrogens is 169 g/mol. The summed E-state index contributed by atoms with van der Waals surface area (Å²) in [6.45, 7) is 6.11. The van der Waals surface area contributed by atoms with Gasteiger partial charge in [-0.05, 0) is 25.2 Å². The first-order valence-electron chi connectivity index (χ1n) is 4.53. The Bertz CT molecular complexity index is 217. The molecule has 4 nitrogen and oxygen atoms in total. The predicted molar refractivity (Wildman–Crippen MR) is 50.4 cm³/mol. The quantitative estimate of drug-likeness (QED) is 0.606. The normalized spacial score (nSPS) is 27.5. The standard InChI is InChI=1S/C8H16BNO3/c1-8(2)4-5-10(9(3)13)6(8)7(11)12/h6,13H,4-5H2,1-3H3,(H,11,12). The van der Waals surface area contributed by atoms with Gasteiger partial charge in [0.15, 0.2) is 0 Å². The maximum absolute atomic E-state index is 11.0. The van der Waals surface area contributed by atoms with Gasteiger partial charge in [0.05, 0.1) is 0 Å². The lowest BCUT2D eigenvalue weighted by molar-refractivity contribution is -0.143. The summed E-state index contributed by atoms with van der Waals surface area (Å²) in [4.78, 5) is 12.6. The highest BCUT2D eigenvalue weighted by atomic mass is 16.4. The zero-order valence-corrected chi connectivity index (χ0v) is 8.32. The number of nitrogens with zero attached hydrogens (tertiary/aromatic N) is 1. The summed E-state index contributed by atoms with van der Waals surface area (Å²) < 4.78 is 0. The van der Waals surface area contributed by atoms with Gasteiger partial charge in [-0.25, -0.2) is 0 Å². The second-order valence-corrected chi connectivity index (χ2v) is 4.35. The van der Waals surface area contributed by atoms with Crippen molar-refractivity contribution in [2.24, 2.45) is 5.41 Å². The molecule has 1 unspecified atom stereocenters. The molecule has 1 saturated heterocycles. The molecule has 1 atom stereocenters. The van der Waals surface area contributed by atoms with Crippen molar-refractivity contribution in [3.8, 4) is 0 Å². The highest BCUT2D eigenvalue weighted by Gasteiger charge is 2.47. The Morgan fingerprint density at radius 2 is 2.15 bits per heavy atom. The summed E-state index contributed by atoms with van der Waals surface area (Å²) in [5, 5.41) is 18.4. The summed E-state index contributed by atoms with van der Waals surface area (Å²) in [7, 11) is -0.678. The summed E-state index contributed by atoms with van der Waals surface area (Å²) in [5.41, 5.74) is -0.247. The van der Waals surface area contributed by atoms with Crippen LogP contribution in [-0.2, 0) is 4.79 Å². The molecule has 0 bridgehead atoms.